The van der Waals surface area contributed by atoms with Gasteiger partial charge < -0.3 is 0 Å². The minimum atomic E-state index is -1.27. The van der Waals surface area contributed by atoms with Gasteiger partial charge in [0.1, 0.15) is 12.1 Å². The van der Waals surface area contributed by atoms with Gasteiger partial charge in [0.25, 0.3) is 0 Å². The lowest BCUT2D eigenvalue weighted by molar-refractivity contribution is 0.478. The quantitative estimate of drug-likeness (QED) is 0.684. The third kappa shape index (κ3) is 3.51. The molecule has 0 amide bonds. The molecule has 0 aliphatic carbocycles. The van der Waals surface area contributed by atoms with Gasteiger partial charge in [0.15, 0.2) is 11.8 Å². The second-order valence-electron chi connectivity index (χ2n) is 2.85. The Morgan fingerprint density at radius 1 is 0.529 bits per heavy atom. The zero-order valence-electron chi connectivity index (χ0n) is 8.49. The third-order valence-electron chi connectivity index (χ3n) is 1.86. The molecule has 7 heteroatoms. The molecule has 0 aromatic carbocycles. The highest BCUT2D eigenvalue weighted by Gasteiger charge is 2.28. The topological polar surface area (TPSA) is 155 Å². The van der Waals surface area contributed by atoms with Crippen LogP contribution in [-0.4, -0.2) is 12.1 Å². The Hall–Kier alpha value is -3.10. The molecule has 0 saturated carbocycles. The average Bonchev–Trinajstić information content (AvgIpc) is 2.37. The normalized spacial score (nSPS) is 12.0. The lowest BCUT2D eigenvalue weighted by Gasteiger charge is -2.16. The lowest BCUT2D eigenvalue weighted by Crippen LogP contribution is -2.43. The molecule has 0 saturated heterocycles. The van der Waals surface area contributed by atoms with E-state index in [2.05, 4.69) is 5.32 Å². The van der Waals surface area contributed by atoms with Gasteiger partial charge in [0, 0.05) is 0 Å². The molecule has 0 bridgehead atoms. The summed E-state index contributed by atoms with van der Waals surface area (Å²) in [6.45, 7) is 0. The van der Waals surface area contributed by atoms with Crippen molar-refractivity contribution < 1.29 is 0 Å². The van der Waals surface area contributed by atoms with Crippen LogP contribution in [0.15, 0.2) is 0 Å². The second-order valence-corrected chi connectivity index (χ2v) is 2.85. The van der Waals surface area contributed by atoms with Crippen LogP contribution < -0.4 is 5.32 Å². The molecule has 0 fully saturated rings. The molecule has 0 aromatic heterocycles. The van der Waals surface area contributed by atoms with E-state index < -0.39 is 23.9 Å². The van der Waals surface area contributed by atoms with Crippen molar-refractivity contribution in [1.29, 1.82) is 31.6 Å². The summed E-state index contributed by atoms with van der Waals surface area (Å²) in [5, 5.41) is 54.2. The van der Waals surface area contributed by atoms with Crippen LogP contribution in [-0.2, 0) is 0 Å². The van der Waals surface area contributed by atoms with E-state index in [1.165, 1.54) is 0 Å². The molecule has 80 valence electrons. The number of nitriles is 6. The monoisotopic (exact) mass is 223 g/mol. The van der Waals surface area contributed by atoms with Crippen LogP contribution in [0.1, 0.15) is 0 Å². The minimum Gasteiger partial charge on any atom is -0.283 e. The summed E-state index contributed by atoms with van der Waals surface area (Å²) in [4.78, 5) is 0. The number of nitrogens with one attached hydrogen (secondary N) is 1. The van der Waals surface area contributed by atoms with Crippen molar-refractivity contribution in [3.63, 3.8) is 0 Å². The van der Waals surface area contributed by atoms with Crippen LogP contribution in [0.25, 0.3) is 0 Å². The van der Waals surface area contributed by atoms with Crippen LogP contribution in [0, 0.1) is 79.8 Å². The Balaban J connectivity index is 4.95. The molecule has 17 heavy (non-hydrogen) atoms. The molecule has 1 N–H and O–H groups in total. The molecule has 7 nitrogen and oxygen atoms in total. The van der Waals surface area contributed by atoms with Crippen LogP contribution >= 0.6 is 0 Å². The smallest absolute Gasteiger partial charge is 0.161 e. The first-order valence-electron chi connectivity index (χ1n) is 4.32. The van der Waals surface area contributed by atoms with E-state index in [9.17, 15) is 0 Å². The van der Waals surface area contributed by atoms with E-state index in [1.54, 1.807) is 36.4 Å². The molecular formula is C10H5N7. The molecular weight excluding hydrogens is 218 g/mol. The van der Waals surface area contributed by atoms with E-state index in [0.717, 1.165) is 0 Å². The first-order valence-corrected chi connectivity index (χ1v) is 4.32. The predicted octanol–water partition coefficient (Wildman–Crippen LogP) is -0.313. The van der Waals surface area contributed by atoms with Crippen LogP contribution in [0.5, 0.6) is 0 Å². The zero-order chi connectivity index (χ0) is 13.3. The summed E-state index contributed by atoms with van der Waals surface area (Å²) in [6.07, 6.45) is 0. The SMILES string of the molecule is N#CC(C#N)C(C#N)NC(C#N)C(C#N)C#N. The molecule has 0 aromatic rings. The molecule has 0 spiro atoms. The predicted molar refractivity (Wildman–Crippen MR) is 51.4 cm³/mol. The number of rotatable bonds is 4. The van der Waals surface area contributed by atoms with Crippen molar-refractivity contribution in [2.45, 2.75) is 12.1 Å². The maximum atomic E-state index is 8.74. The number of nitrogens with zero attached hydrogens (tertiary/aromatic N) is 6. The Morgan fingerprint density at radius 2 is 0.824 bits per heavy atom. The Morgan fingerprint density at radius 3 is 1.00 bits per heavy atom. The average molecular weight is 223 g/mol. The van der Waals surface area contributed by atoms with E-state index in [-0.39, 0.29) is 0 Å². The maximum Gasteiger partial charge on any atom is 0.161 e. The molecule has 0 radical (unpaired) electrons. The van der Waals surface area contributed by atoms with Crippen LogP contribution in [0.3, 0.4) is 0 Å². The molecule has 2 unspecified atom stereocenters. The van der Waals surface area contributed by atoms with Gasteiger partial charge in [-0.15, -0.1) is 0 Å². The first kappa shape index (κ1) is 13.9. The van der Waals surface area contributed by atoms with E-state index in [4.69, 9.17) is 31.6 Å². The molecule has 2 atom stereocenters. The van der Waals surface area contributed by atoms with E-state index in [0.29, 0.717) is 0 Å². The maximum absolute atomic E-state index is 8.74. The van der Waals surface area contributed by atoms with Crippen molar-refractivity contribution in [3.8, 4) is 36.4 Å². The first-order chi connectivity index (χ1) is 8.18. The van der Waals surface area contributed by atoms with Gasteiger partial charge >= 0.3 is 0 Å². The highest BCUT2D eigenvalue weighted by atomic mass is 15.0. The van der Waals surface area contributed by atoms with Crippen molar-refractivity contribution in [3.05, 3.63) is 0 Å². The van der Waals surface area contributed by atoms with Crippen molar-refractivity contribution in [2.75, 3.05) is 0 Å². The van der Waals surface area contributed by atoms with Gasteiger partial charge in [-0.1, -0.05) is 0 Å². The summed E-state index contributed by atoms with van der Waals surface area (Å²) in [7, 11) is 0. The fourth-order valence-electron chi connectivity index (χ4n) is 0.965. The fraction of sp³-hybridized carbons (Fsp3) is 0.400. The molecule has 0 aliphatic heterocycles. The van der Waals surface area contributed by atoms with Gasteiger partial charge in [0.2, 0.25) is 0 Å². The minimum absolute atomic E-state index is 1.22. The van der Waals surface area contributed by atoms with Crippen LogP contribution in [0.2, 0.25) is 0 Å². The Labute approximate surface area is 97.9 Å². The lowest BCUT2D eigenvalue weighted by atomic mass is 9.99. The number of hydrogen-bond acceptors (Lipinski definition) is 7. The Kier molecular flexibility index (Phi) is 5.91. The molecule has 0 heterocycles. The molecule has 0 aliphatic rings. The van der Waals surface area contributed by atoms with Gasteiger partial charge in [-0.05, 0) is 0 Å². The van der Waals surface area contributed by atoms with E-state index in [1.807, 2.05) is 0 Å². The van der Waals surface area contributed by atoms with Crippen LogP contribution in [0.4, 0.5) is 0 Å². The summed E-state index contributed by atoms with van der Waals surface area (Å²) in [6, 6.07) is 7.19. The van der Waals surface area contributed by atoms with E-state index >= 15 is 0 Å². The zero-order valence-corrected chi connectivity index (χ0v) is 8.49. The van der Waals surface area contributed by atoms with Gasteiger partial charge in [-0.25, -0.2) is 0 Å². The van der Waals surface area contributed by atoms with Crippen molar-refractivity contribution in [2.24, 2.45) is 11.8 Å². The Bertz CT molecular complexity index is 434. The van der Waals surface area contributed by atoms with Gasteiger partial charge in [-0.2, -0.15) is 31.6 Å². The van der Waals surface area contributed by atoms with Gasteiger partial charge in [-0.3, -0.25) is 5.32 Å². The van der Waals surface area contributed by atoms with Crippen molar-refractivity contribution in [1.82, 2.24) is 5.32 Å². The fourth-order valence-corrected chi connectivity index (χ4v) is 0.965. The highest BCUT2D eigenvalue weighted by Crippen LogP contribution is 2.06. The molecule has 0 rings (SSSR count). The summed E-state index contributed by atoms with van der Waals surface area (Å²) in [5.41, 5.74) is 0. The second kappa shape index (κ2) is 7.23. The summed E-state index contributed by atoms with van der Waals surface area (Å²) < 4.78 is 0. The standard InChI is InChI=1S/C10H5N7/c11-1-7(2-12)9(5-15)17-10(6-16)8(3-13)4-14/h7-10,17H. The van der Waals surface area contributed by atoms with Crippen molar-refractivity contribution >= 4 is 0 Å². The third-order valence-corrected chi connectivity index (χ3v) is 1.86. The number of hydrogen-bond donors (Lipinski definition) is 1. The summed E-state index contributed by atoms with van der Waals surface area (Å²) in [5.74, 6) is -2.54. The largest absolute Gasteiger partial charge is 0.283 e. The highest BCUT2D eigenvalue weighted by molar-refractivity contribution is 5.19. The van der Waals surface area contributed by atoms with Gasteiger partial charge in [0.05, 0.1) is 36.4 Å². The summed E-state index contributed by atoms with van der Waals surface area (Å²) >= 11 is 0.